The fourth-order valence-corrected chi connectivity index (χ4v) is 2.97. The van der Waals surface area contributed by atoms with E-state index in [-0.39, 0.29) is 17.9 Å². The summed E-state index contributed by atoms with van der Waals surface area (Å²) in [5.41, 5.74) is 6.33. The van der Waals surface area contributed by atoms with E-state index >= 15 is 0 Å². The number of anilines is 1. The highest BCUT2D eigenvalue weighted by molar-refractivity contribution is 6.33. The van der Waals surface area contributed by atoms with Gasteiger partial charge in [0.15, 0.2) is 0 Å². The van der Waals surface area contributed by atoms with Crippen LogP contribution in [0.1, 0.15) is 42.5 Å². The fourth-order valence-electron chi connectivity index (χ4n) is 2.79. The van der Waals surface area contributed by atoms with Gasteiger partial charge < -0.3 is 16.2 Å². The van der Waals surface area contributed by atoms with Gasteiger partial charge in [0, 0.05) is 12.0 Å². The molecule has 4 nitrogen and oxygen atoms in total. The summed E-state index contributed by atoms with van der Waals surface area (Å²) in [6.45, 7) is 0.590. The Morgan fingerprint density at radius 3 is 2.70 bits per heavy atom. The molecule has 0 spiro atoms. The minimum Gasteiger partial charge on any atom is -0.397 e. The maximum Gasteiger partial charge on any atom is 0.253 e. The van der Waals surface area contributed by atoms with E-state index in [0.717, 1.165) is 25.7 Å². The number of halogens is 1. The molecule has 1 amide bonds. The van der Waals surface area contributed by atoms with E-state index in [0.29, 0.717) is 22.8 Å². The molecule has 1 aliphatic rings. The molecule has 4 N–H and O–H groups in total. The molecule has 2 rings (SSSR count). The Kier molecular flexibility index (Phi) is 4.89. The summed E-state index contributed by atoms with van der Waals surface area (Å²) in [6, 6.07) is 5.02. The van der Waals surface area contributed by atoms with Crippen LogP contribution in [-0.4, -0.2) is 24.2 Å². The van der Waals surface area contributed by atoms with Gasteiger partial charge in [-0.25, -0.2) is 0 Å². The summed E-state index contributed by atoms with van der Waals surface area (Å²) < 4.78 is 0. The van der Waals surface area contributed by atoms with Crippen LogP contribution in [0.15, 0.2) is 18.2 Å². The monoisotopic (exact) mass is 296 g/mol. The van der Waals surface area contributed by atoms with E-state index in [9.17, 15) is 9.90 Å². The molecule has 0 aromatic heterocycles. The Labute approximate surface area is 124 Å². The SMILES string of the molecule is Nc1c(Cl)cccc1C(=O)NCC1(CO)CCCCC1. The van der Waals surface area contributed by atoms with Gasteiger partial charge in [0.25, 0.3) is 5.91 Å². The lowest BCUT2D eigenvalue weighted by Gasteiger charge is -2.35. The van der Waals surface area contributed by atoms with Crippen LogP contribution < -0.4 is 11.1 Å². The van der Waals surface area contributed by atoms with Crippen LogP contribution in [0.25, 0.3) is 0 Å². The van der Waals surface area contributed by atoms with E-state index in [1.165, 1.54) is 6.42 Å². The highest BCUT2D eigenvalue weighted by Gasteiger charge is 2.31. The number of nitrogen functional groups attached to an aromatic ring is 1. The minimum absolute atomic E-state index is 0.109. The zero-order valence-corrected chi connectivity index (χ0v) is 12.2. The van der Waals surface area contributed by atoms with Crippen LogP contribution >= 0.6 is 11.6 Å². The van der Waals surface area contributed by atoms with Gasteiger partial charge in [0.05, 0.1) is 22.9 Å². The van der Waals surface area contributed by atoms with Crippen molar-refractivity contribution in [2.24, 2.45) is 5.41 Å². The molecule has 0 heterocycles. The maximum atomic E-state index is 12.2. The number of hydrogen-bond donors (Lipinski definition) is 3. The van der Waals surface area contributed by atoms with Crippen molar-refractivity contribution in [3.05, 3.63) is 28.8 Å². The number of benzene rings is 1. The molecule has 1 saturated carbocycles. The molecule has 0 aliphatic heterocycles. The second kappa shape index (κ2) is 6.46. The van der Waals surface area contributed by atoms with Gasteiger partial charge in [-0.2, -0.15) is 0 Å². The first-order chi connectivity index (χ1) is 9.58. The quantitative estimate of drug-likeness (QED) is 0.748. The maximum absolute atomic E-state index is 12.2. The normalized spacial score (nSPS) is 17.7. The van der Waals surface area contributed by atoms with E-state index in [2.05, 4.69) is 5.32 Å². The molecule has 1 aliphatic carbocycles. The van der Waals surface area contributed by atoms with E-state index in [1.807, 2.05) is 0 Å². The zero-order chi connectivity index (χ0) is 14.6. The van der Waals surface area contributed by atoms with Crippen molar-refractivity contribution in [1.82, 2.24) is 5.32 Å². The van der Waals surface area contributed by atoms with Crippen molar-refractivity contribution in [1.29, 1.82) is 0 Å². The summed E-state index contributed by atoms with van der Waals surface area (Å²) in [5.74, 6) is -0.233. The van der Waals surface area contributed by atoms with Crippen LogP contribution in [-0.2, 0) is 0 Å². The van der Waals surface area contributed by atoms with Crippen molar-refractivity contribution in [2.45, 2.75) is 32.1 Å². The molecule has 0 atom stereocenters. The van der Waals surface area contributed by atoms with E-state index in [1.54, 1.807) is 18.2 Å². The molecule has 1 fully saturated rings. The third-order valence-corrected chi connectivity index (χ3v) is 4.50. The number of hydrogen-bond acceptors (Lipinski definition) is 3. The number of amides is 1. The zero-order valence-electron chi connectivity index (χ0n) is 11.5. The van der Waals surface area contributed by atoms with E-state index in [4.69, 9.17) is 17.3 Å². The Morgan fingerprint density at radius 1 is 1.35 bits per heavy atom. The van der Waals surface area contributed by atoms with Crippen LogP contribution in [0.5, 0.6) is 0 Å². The lowest BCUT2D eigenvalue weighted by atomic mass is 9.74. The molecule has 5 heteroatoms. The summed E-state index contributed by atoms with van der Waals surface area (Å²) in [5, 5.41) is 12.9. The number of aliphatic hydroxyl groups excluding tert-OH is 1. The molecule has 20 heavy (non-hydrogen) atoms. The van der Waals surface area contributed by atoms with Crippen LogP contribution in [0.4, 0.5) is 5.69 Å². The van der Waals surface area contributed by atoms with Crippen molar-refractivity contribution in [3.8, 4) is 0 Å². The smallest absolute Gasteiger partial charge is 0.253 e. The van der Waals surface area contributed by atoms with Crippen LogP contribution in [0.3, 0.4) is 0 Å². The van der Waals surface area contributed by atoms with Crippen LogP contribution in [0, 0.1) is 5.41 Å². The number of rotatable bonds is 4. The number of para-hydroxylation sites is 1. The Balaban J connectivity index is 2.02. The first kappa shape index (κ1) is 15.1. The highest BCUT2D eigenvalue weighted by Crippen LogP contribution is 2.35. The summed E-state index contributed by atoms with van der Waals surface area (Å²) in [4.78, 5) is 12.2. The Bertz CT molecular complexity index is 485. The molecular weight excluding hydrogens is 276 g/mol. The minimum atomic E-state index is -0.233. The predicted octanol–water partition coefficient (Wildman–Crippen LogP) is 2.59. The highest BCUT2D eigenvalue weighted by atomic mass is 35.5. The number of aliphatic hydroxyl groups is 1. The lowest BCUT2D eigenvalue weighted by Crippen LogP contribution is -2.41. The molecule has 0 saturated heterocycles. The fraction of sp³-hybridized carbons (Fsp3) is 0.533. The van der Waals surface area contributed by atoms with Gasteiger partial charge in [0.2, 0.25) is 0 Å². The standard InChI is InChI=1S/C15H21ClN2O2/c16-12-6-4-5-11(13(12)17)14(20)18-9-15(10-19)7-2-1-3-8-15/h4-6,19H,1-3,7-10,17H2,(H,18,20). The lowest BCUT2D eigenvalue weighted by molar-refractivity contribution is 0.0718. The second-order valence-corrected chi connectivity index (χ2v) is 6.01. The van der Waals surface area contributed by atoms with Crippen molar-refractivity contribution >= 4 is 23.2 Å². The summed E-state index contributed by atoms with van der Waals surface area (Å²) in [7, 11) is 0. The molecule has 0 unspecified atom stereocenters. The van der Waals surface area contributed by atoms with E-state index < -0.39 is 0 Å². The van der Waals surface area contributed by atoms with Gasteiger partial charge in [-0.15, -0.1) is 0 Å². The molecule has 1 aromatic carbocycles. The molecule has 0 radical (unpaired) electrons. The second-order valence-electron chi connectivity index (χ2n) is 5.60. The summed E-state index contributed by atoms with van der Waals surface area (Å²) in [6.07, 6.45) is 5.33. The molecule has 0 bridgehead atoms. The van der Waals surface area contributed by atoms with Crippen molar-refractivity contribution in [3.63, 3.8) is 0 Å². The van der Waals surface area contributed by atoms with Crippen molar-refractivity contribution < 1.29 is 9.90 Å². The van der Waals surface area contributed by atoms with Gasteiger partial charge in [-0.1, -0.05) is 36.9 Å². The number of nitrogens with one attached hydrogen (secondary N) is 1. The Hall–Kier alpha value is -1.26. The van der Waals surface area contributed by atoms with Gasteiger partial charge in [0.1, 0.15) is 0 Å². The van der Waals surface area contributed by atoms with Crippen molar-refractivity contribution in [2.75, 3.05) is 18.9 Å². The summed E-state index contributed by atoms with van der Waals surface area (Å²) >= 11 is 5.92. The van der Waals surface area contributed by atoms with Gasteiger partial charge in [-0.3, -0.25) is 4.79 Å². The topological polar surface area (TPSA) is 75.4 Å². The molecule has 110 valence electrons. The number of nitrogens with two attached hydrogens (primary N) is 1. The molecule has 1 aromatic rings. The first-order valence-corrected chi connectivity index (χ1v) is 7.39. The Morgan fingerprint density at radius 2 is 2.05 bits per heavy atom. The average Bonchev–Trinajstić information content (AvgIpc) is 2.48. The third kappa shape index (κ3) is 3.25. The van der Waals surface area contributed by atoms with Gasteiger partial charge >= 0.3 is 0 Å². The molecular formula is C15H21ClN2O2. The first-order valence-electron chi connectivity index (χ1n) is 7.01. The third-order valence-electron chi connectivity index (χ3n) is 4.17. The van der Waals surface area contributed by atoms with Crippen LogP contribution in [0.2, 0.25) is 5.02 Å². The average molecular weight is 297 g/mol. The van der Waals surface area contributed by atoms with Gasteiger partial charge in [-0.05, 0) is 25.0 Å². The largest absolute Gasteiger partial charge is 0.397 e. The predicted molar refractivity (Wildman–Crippen MR) is 80.8 cm³/mol. The number of carbonyl (C=O) groups is 1. The number of carbonyl (C=O) groups excluding carboxylic acids is 1.